The summed E-state index contributed by atoms with van der Waals surface area (Å²) in [5, 5.41) is 3.41. The van der Waals surface area contributed by atoms with Crippen molar-refractivity contribution >= 4 is 43.3 Å². The van der Waals surface area contributed by atoms with E-state index in [9.17, 15) is 13.2 Å². The molecule has 3 aromatic carbocycles. The van der Waals surface area contributed by atoms with Gasteiger partial charge in [-0.05, 0) is 43.3 Å². The molecule has 1 heterocycles. The summed E-state index contributed by atoms with van der Waals surface area (Å²) in [5.74, 6) is 0.333. The van der Waals surface area contributed by atoms with Crippen LogP contribution in [0.4, 0.5) is 16.4 Å². The molecule has 4 rings (SSSR count). The lowest BCUT2D eigenvalue weighted by atomic mass is 10.1. The van der Waals surface area contributed by atoms with Crippen LogP contribution in [0.2, 0.25) is 0 Å². The van der Waals surface area contributed by atoms with Crippen molar-refractivity contribution in [1.29, 1.82) is 0 Å². The molecule has 4 aromatic rings. The summed E-state index contributed by atoms with van der Waals surface area (Å²) in [4.78, 5) is 13.3. The molecule has 8 heteroatoms. The maximum absolute atomic E-state index is 13.6. The van der Waals surface area contributed by atoms with Crippen LogP contribution in [0.5, 0.6) is 5.75 Å². The van der Waals surface area contributed by atoms with Gasteiger partial charge in [-0.1, -0.05) is 48.0 Å². The maximum atomic E-state index is 13.6. The minimum Gasteiger partial charge on any atom is -0.497 e. The van der Waals surface area contributed by atoms with Crippen molar-refractivity contribution in [2.75, 3.05) is 18.2 Å². The van der Waals surface area contributed by atoms with Crippen molar-refractivity contribution in [2.45, 2.75) is 16.7 Å². The van der Waals surface area contributed by atoms with E-state index in [1.54, 1.807) is 73.8 Å². The highest BCUT2D eigenvalue weighted by atomic mass is 32.2. The minimum atomic E-state index is -4.00. The third kappa shape index (κ3) is 4.48. The van der Waals surface area contributed by atoms with Crippen LogP contribution in [0.1, 0.15) is 20.8 Å². The topological polar surface area (TPSA) is 98.5 Å². The van der Waals surface area contributed by atoms with Crippen LogP contribution in [0, 0.1) is 6.92 Å². The van der Waals surface area contributed by atoms with Gasteiger partial charge in [0, 0.05) is 11.3 Å². The quantitative estimate of drug-likeness (QED) is 0.343. The van der Waals surface area contributed by atoms with Gasteiger partial charge in [-0.3, -0.25) is 4.79 Å². The molecule has 0 aliphatic carbocycles. The largest absolute Gasteiger partial charge is 0.497 e. The van der Waals surface area contributed by atoms with Crippen LogP contribution in [0.15, 0.2) is 88.7 Å². The van der Waals surface area contributed by atoms with E-state index in [1.165, 1.54) is 12.1 Å². The van der Waals surface area contributed by atoms with E-state index in [1.807, 2.05) is 6.92 Å². The van der Waals surface area contributed by atoms with E-state index in [4.69, 9.17) is 10.5 Å². The molecule has 3 N–H and O–H groups in total. The number of nitrogen functional groups attached to an aromatic ring is 1. The molecule has 6 nitrogen and oxygen atoms in total. The Morgan fingerprint density at radius 3 is 2.18 bits per heavy atom. The summed E-state index contributed by atoms with van der Waals surface area (Å²) >= 11 is 1.02. The van der Waals surface area contributed by atoms with Gasteiger partial charge in [-0.2, -0.15) is 0 Å². The monoisotopic (exact) mass is 478 g/mol. The van der Waals surface area contributed by atoms with Crippen molar-refractivity contribution in [3.63, 3.8) is 0 Å². The number of benzene rings is 3. The number of rotatable bonds is 7. The van der Waals surface area contributed by atoms with Crippen molar-refractivity contribution < 1.29 is 17.9 Å². The Hall–Kier alpha value is -3.62. The summed E-state index contributed by atoms with van der Waals surface area (Å²) in [5.41, 5.74) is 8.28. The van der Waals surface area contributed by atoms with Gasteiger partial charge in [0.05, 0.1) is 17.7 Å². The Morgan fingerprint density at radius 2 is 1.58 bits per heavy atom. The molecule has 0 amide bonds. The third-order valence-electron chi connectivity index (χ3n) is 5.09. The number of carbonyl (C=O) groups excluding carboxylic acids is 1. The fourth-order valence-corrected chi connectivity index (χ4v) is 6.24. The zero-order valence-electron chi connectivity index (χ0n) is 18.0. The Balaban J connectivity index is 1.86. The van der Waals surface area contributed by atoms with E-state index in [0.29, 0.717) is 17.0 Å². The summed E-state index contributed by atoms with van der Waals surface area (Å²) in [6.45, 7) is 1.88. The Bertz CT molecular complexity index is 1390. The molecular formula is C25H22N2O4S2. The molecule has 0 bridgehead atoms. The number of aryl methyl sites for hydroxylation is 1. The van der Waals surface area contributed by atoms with Gasteiger partial charge in [0.15, 0.2) is 0 Å². The number of ketones is 1. The number of anilines is 3. The van der Waals surface area contributed by atoms with Gasteiger partial charge in [0.2, 0.25) is 15.6 Å². The average molecular weight is 479 g/mol. The number of ether oxygens (including phenoxy) is 1. The molecule has 168 valence electrons. The van der Waals surface area contributed by atoms with E-state index in [0.717, 1.165) is 16.9 Å². The predicted octanol–water partition coefficient (Wildman–Crippen LogP) is 5.45. The smallest absolute Gasteiger partial charge is 0.211 e. The van der Waals surface area contributed by atoms with Gasteiger partial charge in [-0.15, -0.1) is 11.3 Å². The van der Waals surface area contributed by atoms with E-state index < -0.39 is 9.84 Å². The van der Waals surface area contributed by atoms with Crippen molar-refractivity contribution in [1.82, 2.24) is 0 Å². The number of nitrogens with two attached hydrogens (primary N) is 1. The van der Waals surface area contributed by atoms with E-state index in [2.05, 4.69) is 5.32 Å². The molecule has 0 spiro atoms. The number of sulfone groups is 1. The van der Waals surface area contributed by atoms with Crippen LogP contribution in [0.25, 0.3) is 0 Å². The van der Waals surface area contributed by atoms with E-state index in [-0.39, 0.29) is 31.1 Å². The van der Waals surface area contributed by atoms with Gasteiger partial charge >= 0.3 is 0 Å². The van der Waals surface area contributed by atoms with E-state index >= 15 is 0 Å². The number of nitrogens with one attached hydrogen (secondary N) is 1. The number of methoxy groups -OCH3 is 1. The number of hydrogen-bond acceptors (Lipinski definition) is 7. The zero-order chi connectivity index (χ0) is 23.6. The van der Waals surface area contributed by atoms with Gasteiger partial charge < -0.3 is 15.8 Å². The van der Waals surface area contributed by atoms with Gasteiger partial charge in [0.1, 0.15) is 20.5 Å². The Kier molecular flexibility index (Phi) is 6.22. The minimum absolute atomic E-state index is 0.0644. The Morgan fingerprint density at radius 1 is 0.939 bits per heavy atom. The van der Waals surface area contributed by atoms with Crippen LogP contribution in [0.3, 0.4) is 0 Å². The summed E-state index contributed by atoms with van der Waals surface area (Å²) in [6, 6.07) is 22.2. The highest BCUT2D eigenvalue weighted by Gasteiger charge is 2.31. The molecule has 33 heavy (non-hydrogen) atoms. The molecule has 1 aromatic heterocycles. The first-order valence-electron chi connectivity index (χ1n) is 10.1. The molecule has 0 radical (unpaired) electrons. The second-order valence-corrected chi connectivity index (χ2v) is 10.3. The van der Waals surface area contributed by atoms with Crippen LogP contribution >= 0.6 is 11.3 Å². The van der Waals surface area contributed by atoms with Crippen molar-refractivity contribution in [3.05, 3.63) is 94.9 Å². The normalized spacial score (nSPS) is 11.2. The van der Waals surface area contributed by atoms with Crippen molar-refractivity contribution in [2.24, 2.45) is 0 Å². The highest BCUT2D eigenvalue weighted by Crippen LogP contribution is 2.44. The van der Waals surface area contributed by atoms with Crippen molar-refractivity contribution in [3.8, 4) is 5.75 Å². The van der Waals surface area contributed by atoms with Crippen LogP contribution in [-0.2, 0) is 9.84 Å². The fourth-order valence-electron chi connectivity index (χ4n) is 3.31. The van der Waals surface area contributed by atoms with Crippen LogP contribution in [-0.4, -0.2) is 21.3 Å². The SMILES string of the molecule is COc1ccc(Nc2sc(C(=O)c3ccccc3)c(N)c2S(=O)(=O)c2ccc(C)cc2)cc1. The summed E-state index contributed by atoms with van der Waals surface area (Å²) in [6.07, 6.45) is 0. The highest BCUT2D eigenvalue weighted by molar-refractivity contribution is 7.92. The lowest BCUT2D eigenvalue weighted by Gasteiger charge is -2.10. The molecule has 0 unspecified atom stereocenters. The Labute approximate surface area is 196 Å². The molecule has 0 atom stereocenters. The van der Waals surface area contributed by atoms with Gasteiger partial charge in [-0.25, -0.2) is 8.42 Å². The lowest BCUT2D eigenvalue weighted by molar-refractivity contribution is 0.104. The first-order valence-corrected chi connectivity index (χ1v) is 12.4. The van der Waals surface area contributed by atoms with Gasteiger partial charge in [0.25, 0.3) is 0 Å². The summed E-state index contributed by atoms with van der Waals surface area (Å²) < 4.78 is 32.4. The number of thiophene rings is 1. The second kappa shape index (κ2) is 9.09. The fraction of sp³-hybridized carbons (Fsp3) is 0.0800. The molecule has 0 saturated carbocycles. The molecule has 0 fully saturated rings. The third-order valence-corrected chi connectivity index (χ3v) is 8.19. The lowest BCUT2D eigenvalue weighted by Crippen LogP contribution is -2.08. The van der Waals surface area contributed by atoms with Crippen LogP contribution < -0.4 is 15.8 Å². The number of carbonyl (C=O) groups is 1. The molecule has 0 saturated heterocycles. The predicted molar refractivity (Wildman–Crippen MR) is 132 cm³/mol. The first kappa shape index (κ1) is 22.6. The summed E-state index contributed by atoms with van der Waals surface area (Å²) in [7, 11) is -2.43. The molecule has 0 aliphatic rings. The zero-order valence-corrected chi connectivity index (χ0v) is 19.7. The standard InChI is InChI=1S/C25H22N2O4S2/c1-16-8-14-20(15-9-16)33(29,30)24-21(26)23(22(28)17-6-4-3-5-7-17)32-25(24)27-18-10-12-19(31-2)13-11-18/h3-15,27H,26H2,1-2H3. The average Bonchev–Trinajstić information content (AvgIpc) is 3.16. The molecule has 0 aliphatic heterocycles. The molecular weight excluding hydrogens is 456 g/mol. The number of hydrogen-bond donors (Lipinski definition) is 2. The first-order chi connectivity index (χ1) is 15.8. The second-order valence-electron chi connectivity index (χ2n) is 7.37. The maximum Gasteiger partial charge on any atom is 0.211 e.